The van der Waals surface area contributed by atoms with Gasteiger partial charge < -0.3 is 0 Å². The highest BCUT2D eigenvalue weighted by Crippen LogP contribution is 2.21. The van der Waals surface area contributed by atoms with Crippen molar-refractivity contribution in [3.63, 3.8) is 0 Å². The van der Waals surface area contributed by atoms with Gasteiger partial charge in [0.2, 0.25) is 5.91 Å². The van der Waals surface area contributed by atoms with Crippen LogP contribution in [0.2, 0.25) is 10.0 Å². The number of halogens is 3. The van der Waals surface area contributed by atoms with Crippen LogP contribution in [0.1, 0.15) is 22.3 Å². The fourth-order valence-electron chi connectivity index (χ4n) is 1.84. The molecule has 7 heteroatoms. The fraction of sp³-hybridized carbons (Fsp3) is 0.125. The molecular formula is C16H13Cl2FN2O2. The monoisotopic (exact) mass is 354 g/mol. The molecule has 0 spiro atoms. The van der Waals surface area contributed by atoms with Crippen LogP contribution in [0.4, 0.5) is 4.39 Å². The molecule has 2 N–H and O–H groups in total. The Hall–Kier alpha value is -2.11. The smallest absolute Gasteiger partial charge is 0.269 e. The average Bonchev–Trinajstić information content (AvgIpc) is 2.52. The van der Waals surface area contributed by atoms with Gasteiger partial charge >= 0.3 is 0 Å². The number of hydrogen-bond acceptors (Lipinski definition) is 2. The Bertz CT molecular complexity index is 721. The quantitative estimate of drug-likeness (QED) is 0.825. The van der Waals surface area contributed by atoms with Gasteiger partial charge in [-0.2, -0.15) is 0 Å². The van der Waals surface area contributed by atoms with Crippen LogP contribution in [0.25, 0.3) is 0 Å². The minimum atomic E-state index is -0.525. The molecule has 0 unspecified atom stereocenters. The topological polar surface area (TPSA) is 58.2 Å². The summed E-state index contributed by atoms with van der Waals surface area (Å²) < 4.78 is 12.8. The number of carbonyl (C=O) groups is 2. The Balaban J connectivity index is 1.81. The summed E-state index contributed by atoms with van der Waals surface area (Å²) in [6, 6.07) is 10.0. The van der Waals surface area contributed by atoms with E-state index < -0.39 is 11.7 Å². The molecule has 0 aliphatic carbocycles. The van der Waals surface area contributed by atoms with Gasteiger partial charge in [-0.25, -0.2) is 4.39 Å². The molecule has 2 aromatic rings. The molecule has 0 aliphatic heterocycles. The van der Waals surface area contributed by atoms with Gasteiger partial charge in [0.15, 0.2) is 0 Å². The van der Waals surface area contributed by atoms with Crippen LogP contribution in [0.3, 0.4) is 0 Å². The largest absolute Gasteiger partial charge is 0.273 e. The molecule has 2 aromatic carbocycles. The summed E-state index contributed by atoms with van der Waals surface area (Å²) in [5.41, 5.74) is 5.59. The molecule has 23 heavy (non-hydrogen) atoms. The maximum atomic E-state index is 12.8. The van der Waals surface area contributed by atoms with Gasteiger partial charge in [0.25, 0.3) is 5.91 Å². The van der Waals surface area contributed by atoms with Crippen molar-refractivity contribution in [3.05, 3.63) is 69.5 Å². The number of hydrogen-bond donors (Lipinski definition) is 2. The SMILES string of the molecule is O=C(CCc1ccc(Cl)cc1Cl)NNC(=O)c1ccc(F)cc1. The minimum Gasteiger partial charge on any atom is -0.273 e. The molecule has 0 aliphatic rings. The Kier molecular flexibility index (Phi) is 5.96. The predicted octanol–water partition coefficient (Wildman–Crippen LogP) is 3.53. The maximum absolute atomic E-state index is 12.8. The minimum absolute atomic E-state index is 0.144. The highest BCUT2D eigenvalue weighted by Gasteiger charge is 2.09. The van der Waals surface area contributed by atoms with E-state index >= 15 is 0 Å². The molecule has 0 bridgehead atoms. The van der Waals surface area contributed by atoms with E-state index in [1.165, 1.54) is 24.3 Å². The molecule has 4 nitrogen and oxygen atoms in total. The van der Waals surface area contributed by atoms with Crippen molar-refractivity contribution in [1.29, 1.82) is 0 Å². The van der Waals surface area contributed by atoms with Crippen molar-refractivity contribution in [2.45, 2.75) is 12.8 Å². The van der Waals surface area contributed by atoms with Crippen LogP contribution in [0, 0.1) is 5.82 Å². The molecule has 0 saturated carbocycles. The van der Waals surface area contributed by atoms with Crippen LogP contribution in [-0.4, -0.2) is 11.8 Å². The van der Waals surface area contributed by atoms with Crippen LogP contribution in [-0.2, 0) is 11.2 Å². The zero-order chi connectivity index (χ0) is 16.8. The summed E-state index contributed by atoms with van der Waals surface area (Å²) >= 11 is 11.8. The van der Waals surface area contributed by atoms with Crippen LogP contribution in [0.15, 0.2) is 42.5 Å². The van der Waals surface area contributed by atoms with Crippen LogP contribution in [0.5, 0.6) is 0 Å². The van der Waals surface area contributed by atoms with Gasteiger partial charge in [0.1, 0.15) is 5.82 Å². The molecular weight excluding hydrogens is 342 g/mol. The molecule has 0 fully saturated rings. The lowest BCUT2D eigenvalue weighted by atomic mass is 10.1. The van der Waals surface area contributed by atoms with E-state index in [1.54, 1.807) is 18.2 Å². The third-order valence-electron chi connectivity index (χ3n) is 3.06. The standard InChI is InChI=1S/C16H13Cl2FN2O2/c17-12-5-1-10(14(18)9-12)4-8-15(22)20-21-16(23)11-2-6-13(19)7-3-11/h1-3,5-7,9H,4,8H2,(H,20,22)(H,21,23). The number of rotatable bonds is 4. The average molecular weight is 355 g/mol. The second-order valence-electron chi connectivity index (χ2n) is 4.74. The Morgan fingerprint density at radius 1 is 1.00 bits per heavy atom. The number of hydrazine groups is 1. The first kappa shape index (κ1) is 17.2. The Morgan fingerprint density at radius 3 is 2.35 bits per heavy atom. The number of carbonyl (C=O) groups excluding carboxylic acids is 2. The molecule has 0 radical (unpaired) electrons. The second kappa shape index (κ2) is 7.94. The van der Waals surface area contributed by atoms with Crippen molar-refractivity contribution in [2.24, 2.45) is 0 Å². The van der Waals surface area contributed by atoms with E-state index in [-0.39, 0.29) is 17.9 Å². The lowest BCUT2D eigenvalue weighted by Gasteiger charge is -2.08. The van der Waals surface area contributed by atoms with Gasteiger partial charge in [0.05, 0.1) is 0 Å². The predicted molar refractivity (Wildman–Crippen MR) is 86.8 cm³/mol. The Labute approximate surface area is 142 Å². The number of benzene rings is 2. The third kappa shape index (κ3) is 5.23. The fourth-order valence-corrected chi connectivity index (χ4v) is 2.34. The highest BCUT2D eigenvalue weighted by atomic mass is 35.5. The number of amides is 2. The maximum Gasteiger partial charge on any atom is 0.269 e. The van der Waals surface area contributed by atoms with Gasteiger partial charge in [-0.15, -0.1) is 0 Å². The molecule has 2 rings (SSSR count). The van der Waals surface area contributed by atoms with E-state index in [2.05, 4.69) is 10.9 Å². The highest BCUT2D eigenvalue weighted by molar-refractivity contribution is 6.35. The van der Waals surface area contributed by atoms with Gasteiger partial charge in [-0.3, -0.25) is 20.4 Å². The normalized spacial score (nSPS) is 10.2. The summed E-state index contributed by atoms with van der Waals surface area (Å²) in [5, 5.41) is 1.01. The molecule has 0 saturated heterocycles. The second-order valence-corrected chi connectivity index (χ2v) is 5.59. The van der Waals surface area contributed by atoms with Crippen molar-refractivity contribution in [1.82, 2.24) is 10.9 Å². The first-order valence-corrected chi connectivity index (χ1v) is 7.50. The first-order chi connectivity index (χ1) is 11.0. The van der Waals surface area contributed by atoms with Gasteiger partial charge in [-0.1, -0.05) is 29.3 Å². The summed E-state index contributed by atoms with van der Waals surface area (Å²) in [6.45, 7) is 0. The molecule has 2 amide bonds. The molecule has 0 heterocycles. The molecule has 120 valence electrons. The van der Waals surface area contributed by atoms with Crippen molar-refractivity contribution in [2.75, 3.05) is 0 Å². The lowest BCUT2D eigenvalue weighted by molar-refractivity contribution is -0.121. The number of nitrogens with one attached hydrogen (secondary N) is 2. The number of aryl methyl sites for hydroxylation is 1. The first-order valence-electron chi connectivity index (χ1n) is 6.74. The third-order valence-corrected chi connectivity index (χ3v) is 3.65. The van der Waals surface area contributed by atoms with Crippen molar-refractivity contribution < 1.29 is 14.0 Å². The van der Waals surface area contributed by atoms with E-state index in [0.717, 1.165) is 5.56 Å². The van der Waals surface area contributed by atoms with Gasteiger partial charge in [-0.05, 0) is 48.4 Å². The van der Waals surface area contributed by atoms with E-state index in [1.807, 2.05) is 0 Å². The van der Waals surface area contributed by atoms with Gasteiger partial charge in [0, 0.05) is 22.0 Å². The lowest BCUT2D eigenvalue weighted by Crippen LogP contribution is -2.41. The summed E-state index contributed by atoms with van der Waals surface area (Å²) in [5.74, 6) is -1.33. The Morgan fingerprint density at radius 2 is 1.70 bits per heavy atom. The van der Waals surface area contributed by atoms with Crippen molar-refractivity contribution in [3.8, 4) is 0 Å². The summed E-state index contributed by atoms with van der Waals surface area (Å²) in [7, 11) is 0. The van der Waals surface area contributed by atoms with Crippen molar-refractivity contribution >= 4 is 35.0 Å². The van der Waals surface area contributed by atoms with E-state index in [4.69, 9.17) is 23.2 Å². The molecule has 0 aromatic heterocycles. The van der Waals surface area contributed by atoms with Crippen LogP contribution < -0.4 is 10.9 Å². The summed E-state index contributed by atoms with van der Waals surface area (Å²) in [4.78, 5) is 23.5. The zero-order valence-corrected chi connectivity index (χ0v) is 13.4. The summed E-state index contributed by atoms with van der Waals surface area (Å²) in [6.07, 6.45) is 0.555. The molecule has 0 atom stereocenters. The van der Waals surface area contributed by atoms with E-state index in [9.17, 15) is 14.0 Å². The van der Waals surface area contributed by atoms with E-state index in [0.29, 0.717) is 16.5 Å². The van der Waals surface area contributed by atoms with Crippen LogP contribution >= 0.6 is 23.2 Å². The zero-order valence-electron chi connectivity index (χ0n) is 11.9.